The van der Waals surface area contributed by atoms with E-state index in [-0.39, 0.29) is 23.9 Å². The van der Waals surface area contributed by atoms with Gasteiger partial charge in [-0.15, -0.1) is 5.10 Å². The minimum Gasteiger partial charge on any atom is -0.390 e. The second kappa shape index (κ2) is 11.6. The van der Waals surface area contributed by atoms with Gasteiger partial charge in [0, 0.05) is 19.2 Å². The third-order valence-electron chi connectivity index (χ3n) is 7.28. The number of carbonyl (C=O) groups excluding carboxylic acids is 1. The first kappa shape index (κ1) is 27.0. The average molecular weight is 528 g/mol. The summed E-state index contributed by atoms with van der Waals surface area (Å²) in [5.74, 6) is 1.06. The molecule has 0 radical (unpaired) electrons. The van der Waals surface area contributed by atoms with Crippen molar-refractivity contribution in [1.82, 2.24) is 19.7 Å². The van der Waals surface area contributed by atoms with Crippen molar-refractivity contribution in [3.05, 3.63) is 89.2 Å². The predicted molar refractivity (Wildman–Crippen MR) is 151 cm³/mol. The lowest BCUT2D eigenvalue weighted by Crippen LogP contribution is -2.20. The number of benzene rings is 1. The molecule has 3 heterocycles. The van der Waals surface area contributed by atoms with Crippen molar-refractivity contribution in [2.75, 3.05) is 11.9 Å². The summed E-state index contributed by atoms with van der Waals surface area (Å²) in [6.45, 7) is 6.34. The van der Waals surface area contributed by atoms with Crippen molar-refractivity contribution in [3.8, 4) is 0 Å². The third-order valence-corrected chi connectivity index (χ3v) is 7.28. The molecule has 1 unspecified atom stereocenters. The van der Waals surface area contributed by atoms with Crippen molar-refractivity contribution in [2.24, 2.45) is 0 Å². The van der Waals surface area contributed by atoms with Gasteiger partial charge in [0.2, 0.25) is 5.82 Å². The molecule has 5 rings (SSSR count). The number of nitrogens with zero attached hydrogens (tertiary/aromatic N) is 4. The Labute approximate surface area is 229 Å². The number of hydrogen-bond acceptors (Lipinski definition) is 6. The highest BCUT2D eigenvalue weighted by Crippen LogP contribution is 2.31. The van der Waals surface area contributed by atoms with Gasteiger partial charge in [0.15, 0.2) is 0 Å². The fourth-order valence-electron chi connectivity index (χ4n) is 5.25. The minimum absolute atomic E-state index is 0.0172. The molecule has 0 spiro atoms. The third kappa shape index (κ3) is 6.69. The van der Waals surface area contributed by atoms with Crippen LogP contribution in [0.25, 0.3) is 5.57 Å². The fraction of sp³-hybridized carbons (Fsp3) is 0.419. The minimum atomic E-state index is -0.681. The van der Waals surface area contributed by atoms with E-state index in [1.807, 2.05) is 48.9 Å². The van der Waals surface area contributed by atoms with Crippen LogP contribution in [0.15, 0.2) is 66.4 Å². The zero-order valence-corrected chi connectivity index (χ0v) is 22.9. The Kier molecular flexibility index (Phi) is 8.04. The summed E-state index contributed by atoms with van der Waals surface area (Å²) in [6, 6.07) is 14.1. The molecule has 2 aromatic heterocycles. The number of allylic oxidation sites excluding steroid dienone is 3. The van der Waals surface area contributed by atoms with E-state index in [0.717, 1.165) is 49.1 Å². The van der Waals surface area contributed by atoms with Gasteiger partial charge in [-0.2, -0.15) is 0 Å². The Bertz CT molecular complexity index is 1370. The largest absolute Gasteiger partial charge is 0.390 e. The zero-order chi connectivity index (χ0) is 27.4. The molecule has 0 bridgehead atoms. The fourth-order valence-corrected chi connectivity index (χ4v) is 5.25. The second-order valence-electron chi connectivity index (χ2n) is 11.0. The Morgan fingerprint density at radius 1 is 1.21 bits per heavy atom. The molecule has 204 valence electrons. The van der Waals surface area contributed by atoms with Gasteiger partial charge >= 0.3 is 0 Å². The number of ether oxygens (including phenoxy) is 1. The number of aliphatic hydroxyl groups is 1. The molecule has 1 aliphatic carbocycles. The van der Waals surface area contributed by atoms with Gasteiger partial charge in [-0.05, 0) is 93.4 Å². The van der Waals surface area contributed by atoms with Gasteiger partial charge in [0.25, 0.3) is 5.91 Å². The first-order valence-corrected chi connectivity index (χ1v) is 13.8. The molecule has 1 aliphatic heterocycles. The van der Waals surface area contributed by atoms with Crippen LogP contribution in [0.3, 0.4) is 0 Å². The summed E-state index contributed by atoms with van der Waals surface area (Å²) >= 11 is 0. The number of nitrogens with one attached hydrogen (secondary N) is 1. The number of amides is 1. The summed E-state index contributed by atoms with van der Waals surface area (Å²) in [7, 11) is 0. The number of pyridine rings is 1. The normalized spacial score (nSPS) is 19.2. The summed E-state index contributed by atoms with van der Waals surface area (Å²) < 4.78 is 8.03. The molecular weight excluding hydrogens is 490 g/mol. The number of hydrogen-bond donors (Lipinski definition) is 2. The predicted octanol–water partition coefficient (Wildman–Crippen LogP) is 5.52. The SMILES string of the molecule is CC1=CCCC(OCCCC(C)(C)O)C=C1c1ccnc(NC(=O)c2nc3n(n2)[C@H](c2ccccc2)CC3)c1. The van der Waals surface area contributed by atoms with Gasteiger partial charge in [0.1, 0.15) is 11.6 Å². The Morgan fingerprint density at radius 2 is 2.03 bits per heavy atom. The topological polar surface area (TPSA) is 102 Å². The molecule has 2 aliphatic rings. The van der Waals surface area contributed by atoms with Crippen LogP contribution < -0.4 is 5.32 Å². The van der Waals surface area contributed by atoms with Gasteiger partial charge < -0.3 is 15.2 Å². The maximum Gasteiger partial charge on any atom is 0.296 e. The van der Waals surface area contributed by atoms with Crippen molar-refractivity contribution in [2.45, 2.75) is 77.0 Å². The second-order valence-corrected chi connectivity index (χ2v) is 11.0. The van der Waals surface area contributed by atoms with Crippen LogP contribution in [-0.2, 0) is 11.2 Å². The smallest absolute Gasteiger partial charge is 0.296 e. The standard InChI is InChI=1S/C31H37N5O3/c1-21-9-7-12-24(39-18-8-16-31(2,3)38)20-25(21)23-15-17-32-27(19-23)33-30(37)29-34-28-14-13-26(36(28)35-29)22-10-5-4-6-11-22/h4-6,9-11,15,17,19-20,24,26,38H,7-8,12-14,16,18H2,1-3H3,(H,32,33,37)/t24?,26-/m0/s1. The highest BCUT2D eigenvalue weighted by molar-refractivity contribution is 6.01. The highest BCUT2D eigenvalue weighted by Gasteiger charge is 2.28. The van der Waals surface area contributed by atoms with E-state index in [2.05, 4.69) is 51.6 Å². The van der Waals surface area contributed by atoms with E-state index in [4.69, 9.17) is 4.74 Å². The lowest BCUT2D eigenvalue weighted by molar-refractivity contribution is 0.0382. The van der Waals surface area contributed by atoms with E-state index in [9.17, 15) is 9.90 Å². The number of anilines is 1. The monoisotopic (exact) mass is 527 g/mol. The molecule has 0 saturated carbocycles. The van der Waals surface area contributed by atoms with Crippen LogP contribution in [0.1, 0.15) is 86.5 Å². The molecule has 39 heavy (non-hydrogen) atoms. The first-order chi connectivity index (χ1) is 18.8. The van der Waals surface area contributed by atoms with Crippen molar-refractivity contribution < 1.29 is 14.6 Å². The number of fused-ring (bicyclic) bond motifs is 1. The summed E-state index contributed by atoms with van der Waals surface area (Å²) in [4.78, 5) is 22.0. The maximum absolute atomic E-state index is 13.1. The summed E-state index contributed by atoms with van der Waals surface area (Å²) in [5.41, 5.74) is 3.69. The van der Waals surface area contributed by atoms with Crippen molar-refractivity contribution in [1.29, 1.82) is 0 Å². The zero-order valence-electron chi connectivity index (χ0n) is 22.9. The Balaban J connectivity index is 1.28. The average Bonchev–Trinajstić information content (AvgIpc) is 3.45. The molecule has 8 nitrogen and oxygen atoms in total. The van der Waals surface area contributed by atoms with E-state index < -0.39 is 5.60 Å². The highest BCUT2D eigenvalue weighted by atomic mass is 16.5. The molecule has 3 aromatic rings. The Morgan fingerprint density at radius 3 is 2.82 bits per heavy atom. The van der Waals surface area contributed by atoms with Gasteiger partial charge in [-0.25, -0.2) is 14.6 Å². The number of rotatable bonds is 9. The molecule has 0 saturated heterocycles. The van der Waals surface area contributed by atoms with Gasteiger partial charge in [0.05, 0.1) is 17.7 Å². The molecule has 2 N–H and O–H groups in total. The van der Waals surface area contributed by atoms with Crippen LogP contribution in [0.4, 0.5) is 5.82 Å². The van der Waals surface area contributed by atoms with E-state index in [1.54, 1.807) is 6.20 Å². The quantitative estimate of drug-likeness (QED) is 0.355. The first-order valence-electron chi connectivity index (χ1n) is 13.8. The molecule has 0 fully saturated rings. The summed E-state index contributed by atoms with van der Waals surface area (Å²) in [6.07, 6.45) is 11.1. The van der Waals surface area contributed by atoms with E-state index in [1.165, 1.54) is 11.1 Å². The lowest BCUT2D eigenvalue weighted by atomic mass is 9.99. The van der Waals surface area contributed by atoms with Crippen LogP contribution >= 0.6 is 0 Å². The molecule has 1 amide bonds. The molecule has 1 aromatic carbocycles. The summed E-state index contributed by atoms with van der Waals surface area (Å²) in [5, 5.41) is 17.4. The van der Waals surface area contributed by atoms with E-state index >= 15 is 0 Å². The van der Waals surface area contributed by atoms with Crippen molar-refractivity contribution in [3.63, 3.8) is 0 Å². The van der Waals surface area contributed by atoms with E-state index in [0.29, 0.717) is 18.8 Å². The van der Waals surface area contributed by atoms with Crippen LogP contribution in [-0.4, -0.2) is 49.1 Å². The number of aromatic nitrogens is 4. The van der Waals surface area contributed by atoms with Gasteiger partial charge in [-0.3, -0.25) is 4.79 Å². The molecular formula is C31H37N5O3. The van der Waals surface area contributed by atoms with Crippen LogP contribution in [0.5, 0.6) is 0 Å². The number of aryl methyl sites for hydroxylation is 1. The van der Waals surface area contributed by atoms with Crippen LogP contribution in [0, 0.1) is 0 Å². The Hall–Kier alpha value is -3.62. The molecule has 2 atom stereocenters. The lowest BCUT2D eigenvalue weighted by Gasteiger charge is -2.18. The maximum atomic E-state index is 13.1. The van der Waals surface area contributed by atoms with Crippen LogP contribution in [0.2, 0.25) is 0 Å². The number of carbonyl (C=O) groups is 1. The van der Waals surface area contributed by atoms with Gasteiger partial charge in [-0.1, -0.05) is 36.4 Å². The van der Waals surface area contributed by atoms with Crippen molar-refractivity contribution >= 4 is 17.3 Å². The molecule has 8 heteroatoms.